The molecule has 0 spiro atoms. The van der Waals surface area contributed by atoms with Crippen LogP contribution in [0.1, 0.15) is 28.1 Å². The van der Waals surface area contributed by atoms with Gasteiger partial charge in [-0.2, -0.15) is 0 Å². The van der Waals surface area contributed by atoms with E-state index in [1.807, 2.05) is 63.2 Å². The van der Waals surface area contributed by atoms with E-state index in [-0.39, 0.29) is 0 Å². The van der Waals surface area contributed by atoms with Gasteiger partial charge in [-0.05, 0) is 75.3 Å². The highest BCUT2D eigenvalue weighted by molar-refractivity contribution is 7.80. The fourth-order valence-corrected chi connectivity index (χ4v) is 3.31. The highest BCUT2D eigenvalue weighted by Crippen LogP contribution is 2.16. The van der Waals surface area contributed by atoms with E-state index in [0.717, 1.165) is 28.2 Å². The Morgan fingerprint density at radius 2 is 1.61 bits per heavy atom. The average molecular weight is 453 g/mol. The van der Waals surface area contributed by atoms with E-state index in [9.17, 15) is 0 Å². The number of guanidine groups is 1. The number of halogens is 1. The van der Waals surface area contributed by atoms with Crippen molar-refractivity contribution in [2.24, 2.45) is 4.99 Å². The Balaban J connectivity index is 1.78. The van der Waals surface area contributed by atoms with Crippen LogP contribution in [0.4, 0.5) is 11.6 Å². The molecule has 0 saturated carbocycles. The third-order valence-electron chi connectivity index (χ3n) is 4.41. The Hall–Kier alpha value is -3.03. The van der Waals surface area contributed by atoms with Crippen molar-refractivity contribution in [3.8, 4) is 0 Å². The lowest BCUT2D eigenvalue weighted by molar-refractivity contribution is 1.03. The predicted octanol–water partition coefficient (Wildman–Crippen LogP) is 5.32. The average Bonchev–Trinajstić information content (AvgIpc) is 2.69. The number of anilines is 2. The molecule has 31 heavy (non-hydrogen) atoms. The van der Waals surface area contributed by atoms with Gasteiger partial charge >= 0.3 is 0 Å². The standard InChI is InChI=1S/C23H25ClN6S/c1-14-5-10-20(15(2)11-14)28-23(31)30-21(25-13-18-6-8-19(24)9-7-18)29-22-26-16(3)12-17(4)27-22/h5-12H,13H2,1-4H3,(H3,25,26,27,28,29,30,31). The minimum absolute atomic E-state index is 0.415. The van der Waals surface area contributed by atoms with E-state index in [1.54, 1.807) is 0 Å². The van der Waals surface area contributed by atoms with Gasteiger partial charge in [-0.3, -0.25) is 5.32 Å². The van der Waals surface area contributed by atoms with E-state index in [0.29, 0.717) is 28.6 Å². The molecule has 0 fully saturated rings. The highest BCUT2D eigenvalue weighted by Gasteiger charge is 2.08. The van der Waals surface area contributed by atoms with Crippen molar-refractivity contribution >= 4 is 46.5 Å². The summed E-state index contributed by atoms with van der Waals surface area (Å²) in [6.07, 6.45) is 0. The molecule has 160 valence electrons. The molecule has 2 aromatic carbocycles. The maximum Gasteiger partial charge on any atom is 0.229 e. The first-order chi connectivity index (χ1) is 14.8. The van der Waals surface area contributed by atoms with Gasteiger partial charge in [-0.1, -0.05) is 41.4 Å². The zero-order chi connectivity index (χ0) is 22.4. The molecule has 0 radical (unpaired) electrons. The van der Waals surface area contributed by atoms with Crippen molar-refractivity contribution in [1.29, 1.82) is 0 Å². The van der Waals surface area contributed by atoms with E-state index in [4.69, 9.17) is 23.8 Å². The maximum atomic E-state index is 5.98. The molecule has 0 amide bonds. The summed E-state index contributed by atoms with van der Waals surface area (Å²) in [4.78, 5) is 13.5. The van der Waals surface area contributed by atoms with Crippen LogP contribution in [-0.2, 0) is 6.54 Å². The highest BCUT2D eigenvalue weighted by atomic mass is 35.5. The molecule has 0 aliphatic heterocycles. The normalized spacial score (nSPS) is 11.2. The quantitative estimate of drug-likeness (QED) is 0.282. The molecule has 0 aliphatic carbocycles. The molecular formula is C23H25ClN6S. The molecule has 6 nitrogen and oxygen atoms in total. The number of hydrogen-bond acceptors (Lipinski definition) is 4. The number of thiocarbonyl (C=S) groups is 1. The molecular weight excluding hydrogens is 428 g/mol. The first kappa shape index (κ1) is 22.7. The second-order valence-corrected chi connectivity index (χ2v) is 8.13. The van der Waals surface area contributed by atoms with Crippen LogP contribution in [0.3, 0.4) is 0 Å². The second-order valence-electron chi connectivity index (χ2n) is 7.29. The van der Waals surface area contributed by atoms with Crippen molar-refractivity contribution in [3.63, 3.8) is 0 Å². The van der Waals surface area contributed by atoms with Crippen molar-refractivity contribution in [1.82, 2.24) is 15.3 Å². The molecule has 0 saturated heterocycles. The minimum Gasteiger partial charge on any atom is -0.332 e. The van der Waals surface area contributed by atoms with E-state index in [2.05, 4.69) is 43.9 Å². The SMILES string of the molecule is Cc1ccc(NC(=S)NC(=NCc2ccc(Cl)cc2)Nc2nc(C)cc(C)n2)c(C)c1. The van der Waals surface area contributed by atoms with Gasteiger partial charge < -0.3 is 10.6 Å². The second kappa shape index (κ2) is 10.3. The lowest BCUT2D eigenvalue weighted by Crippen LogP contribution is -2.39. The lowest BCUT2D eigenvalue weighted by atomic mass is 10.1. The van der Waals surface area contributed by atoms with Crippen LogP contribution >= 0.6 is 23.8 Å². The largest absolute Gasteiger partial charge is 0.332 e. The maximum absolute atomic E-state index is 5.98. The Labute approximate surface area is 193 Å². The number of aromatic nitrogens is 2. The monoisotopic (exact) mass is 452 g/mol. The third kappa shape index (κ3) is 7.01. The summed E-state index contributed by atoms with van der Waals surface area (Å²) in [5.74, 6) is 0.899. The van der Waals surface area contributed by atoms with Gasteiger partial charge in [0.2, 0.25) is 11.9 Å². The van der Waals surface area contributed by atoms with Crippen LogP contribution in [-0.4, -0.2) is 21.0 Å². The summed E-state index contributed by atoms with van der Waals surface area (Å²) in [6, 6.07) is 15.6. The Bertz CT molecular complexity index is 1090. The van der Waals surface area contributed by atoms with Crippen LogP contribution in [0.2, 0.25) is 5.02 Å². The molecule has 3 rings (SSSR count). The van der Waals surface area contributed by atoms with Crippen LogP contribution in [0.15, 0.2) is 53.5 Å². The number of nitrogens with zero attached hydrogens (tertiary/aromatic N) is 3. The Morgan fingerprint density at radius 3 is 2.26 bits per heavy atom. The van der Waals surface area contributed by atoms with Crippen molar-refractivity contribution in [2.75, 3.05) is 10.6 Å². The molecule has 1 aromatic heterocycles. The first-order valence-electron chi connectivity index (χ1n) is 9.82. The summed E-state index contributed by atoms with van der Waals surface area (Å²) in [6.45, 7) is 8.37. The minimum atomic E-state index is 0.415. The Morgan fingerprint density at radius 1 is 0.935 bits per heavy atom. The number of hydrogen-bond donors (Lipinski definition) is 3. The topological polar surface area (TPSA) is 74.2 Å². The van der Waals surface area contributed by atoms with Crippen LogP contribution < -0.4 is 16.0 Å². The van der Waals surface area contributed by atoms with Crippen molar-refractivity contribution < 1.29 is 0 Å². The number of nitrogens with one attached hydrogen (secondary N) is 3. The van der Waals surface area contributed by atoms with Crippen molar-refractivity contribution in [2.45, 2.75) is 34.2 Å². The smallest absolute Gasteiger partial charge is 0.229 e. The summed E-state index contributed by atoms with van der Waals surface area (Å²) >= 11 is 11.5. The molecule has 0 bridgehead atoms. The third-order valence-corrected chi connectivity index (χ3v) is 4.86. The summed E-state index contributed by atoms with van der Waals surface area (Å²) in [5, 5.41) is 10.6. The van der Waals surface area contributed by atoms with Crippen LogP contribution in [0.25, 0.3) is 0 Å². The molecule has 0 atom stereocenters. The summed E-state index contributed by atoms with van der Waals surface area (Å²) in [7, 11) is 0. The zero-order valence-corrected chi connectivity index (χ0v) is 19.5. The number of benzene rings is 2. The molecule has 3 N–H and O–H groups in total. The summed E-state index contributed by atoms with van der Waals surface area (Å²) in [5.41, 5.74) is 5.98. The fraction of sp³-hybridized carbons (Fsp3) is 0.217. The zero-order valence-electron chi connectivity index (χ0n) is 18.0. The van der Waals surface area contributed by atoms with Crippen LogP contribution in [0.5, 0.6) is 0 Å². The van der Waals surface area contributed by atoms with Gasteiger partial charge in [0.25, 0.3) is 0 Å². The van der Waals surface area contributed by atoms with Crippen molar-refractivity contribution in [3.05, 3.63) is 81.6 Å². The molecule has 3 aromatic rings. The Kier molecular flexibility index (Phi) is 7.55. The molecule has 1 heterocycles. The number of aliphatic imine (C=N–C) groups is 1. The lowest BCUT2D eigenvalue weighted by Gasteiger charge is -2.15. The summed E-state index contributed by atoms with van der Waals surface area (Å²) < 4.78 is 0. The van der Waals surface area contributed by atoms with Gasteiger partial charge in [0.15, 0.2) is 5.11 Å². The molecule has 0 aliphatic rings. The molecule has 8 heteroatoms. The van der Waals surface area contributed by atoms with Gasteiger partial charge in [0.1, 0.15) is 0 Å². The fourth-order valence-electron chi connectivity index (χ4n) is 2.97. The number of rotatable bonds is 4. The predicted molar refractivity (Wildman–Crippen MR) is 133 cm³/mol. The molecule has 0 unspecified atom stereocenters. The van der Waals surface area contributed by atoms with Crippen LogP contribution in [0, 0.1) is 27.7 Å². The first-order valence-corrected chi connectivity index (χ1v) is 10.6. The van der Waals surface area contributed by atoms with E-state index < -0.39 is 0 Å². The van der Waals surface area contributed by atoms with Gasteiger partial charge in [-0.25, -0.2) is 15.0 Å². The van der Waals surface area contributed by atoms with Gasteiger partial charge in [0, 0.05) is 22.1 Å². The number of aryl methyl sites for hydroxylation is 4. The van der Waals surface area contributed by atoms with Gasteiger partial charge in [0.05, 0.1) is 6.54 Å². The van der Waals surface area contributed by atoms with Gasteiger partial charge in [-0.15, -0.1) is 0 Å². The van der Waals surface area contributed by atoms with E-state index >= 15 is 0 Å². The van der Waals surface area contributed by atoms with E-state index in [1.165, 1.54) is 5.56 Å².